The summed E-state index contributed by atoms with van der Waals surface area (Å²) in [6.07, 6.45) is 1.78. The second-order valence-electron chi connectivity index (χ2n) is 6.41. The number of ether oxygens (including phenoxy) is 2. The number of anilines is 1. The van der Waals surface area contributed by atoms with Crippen LogP contribution < -0.4 is 10.1 Å². The average molecular weight is 369 g/mol. The maximum absolute atomic E-state index is 12.0. The summed E-state index contributed by atoms with van der Waals surface area (Å²) in [5, 5.41) is 2.82. The topological polar surface area (TPSA) is 64.6 Å². The first-order valence-corrected chi connectivity index (χ1v) is 9.27. The van der Waals surface area contributed by atoms with Gasteiger partial charge in [-0.25, -0.2) is 4.79 Å². The van der Waals surface area contributed by atoms with E-state index in [1.807, 2.05) is 39.0 Å². The molecule has 0 saturated carbocycles. The van der Waals surface area contributed by atoms with Crippen molar-refractivity contribution in [2.24, 2.45) is 0 Å². The predicted octanol–water partition coefficient (Wildman–Crippen LogP) is 4.67. The molecule has 2 aromatic rings. The Bertz CT molecular complexity index is 768. The molecule has 0 fully saturated rings. The van der Waals surface area contributed by atoms with Crippen molar-refractivity contribution >= 4 is 17.6 Å². The number of amides is 1. The molecular formula is C22H27NO4. The van der Waals surface area contributed by atoms with Crippen LogP contribution in [-0.4, -0.2) is 25.1 Å². The van der Waals surface area contributed by atoms with E-state index in [-0.39, 0.29) is 11.9 Å². The molecule has 0 aliphatic rings. The van der Waals surface area contributed by atoms with Gasteiger partial charge >= 0.3 is 5.97 Å². The molecule has 0 atom stereocenters. The lowest BCUT2D eigenvalue weighted by Crippen LogP contribution is -2.13. The van der Waals surface area contributed by atoms with Crippen molar-refractivity contribution in [1.29, 1.82) is 0 Å². The Morgan fingerprint density at radius 2 is 1.74 bits per heavy atom. The Morgan fingerprint density at radius 1 is 1.00 bits per heavy atom. The van der Waals surface area contributed by atoms with Gasteiger partial charge in [-0.05, 0) is 68.1 Å². The van der Waals surface area contributed by atoms with Gasteiger partial charge in [-0.3, -0.25) is 4.79 Å². The summed E-state index contributed by atoms with van der Waals surface area (Å²) >= 11 is 0. The number of rotatable bonds is 9. The molecule has 0 bridgehead atoms. The number of carbonyl (C=O) groups excluding carboxylic acids is 2. The monoisotopic (exact) mass is 369 g/mol. The van der Waals surface area contributed by atoms with Crippen LogP contribution in [0.4, 0.5) is 5.69 Å². The van der Waals surface area contributed by atoms with Gasteiger partial charge in [0.1, 0.15) is 5.75 Å². The van der Waals surface area contributed by atoms with Crippen LogP contribution in [0.5, 0.6) is 5.75 Å². The maximum atomic E-state index is 12.0. The lowest BCUT2D eigenvalue weighted by molar-refractivity contribution is -0.116. The standard InChI is InChI=1S/C22H27NO4/c1-4-14-27-22(25)18-10-12-19(13-11-18)23-21(24)9-6-15-26-20-8-5-7-16(2)17(20)3/h5,7-8,10-13H,4,6,9,14-15H2,1-3H3,(H,23,24). The molecule has 0 spiro atoms. The van der Waals surface area contributed by atoms with Gasteiger partial charge in [0, 0.05) is 12.1 Å². The highest BCUT2D eigenvalue weighted by atomic mass is 16.5. The van der Waals surface area contributed by atoms with E-state index in [0.717, 1.165) is 17.7 Å². The third-order valence-corrected chi connectivity index (χ3v) is 4.20. The van der Waals surface area contributed by atoms with Gasteiger partial charge in [0.15, 0.2) is 0 Å². The van der Waals surface area contributed by atoms with Crippen LogP contribution in [-0.2, 0) is 9.53 Å². The van der Waals surface area contributed by atoms with Crippen molar-refractivity contribution < 1.29 is 19.1 Å². The van der Waals surface area contributed by atoms with E-state index in [1.165, 1.54) is 5.56 Å². The quantitative estimate of drug-likeness (QED) is 0.515. The van der Waals surface area contributed by atoms with Gasteiger partial charge in [0.2, 0.25) is 5.91 Å². The minimum absolute atomic E-state index is 0.0825. The van der Waals surface area contributed by atoms with Crippen LogP contribution in [0.1, 0.15) is 47.7 Å². The largest absolute Gasteiger partial charge is 0.493 e. The SMILES string of the molecule is CCCOC(=O)c1ccc(NC(=O)CCCOc2cccc(C)c2C)cc1. The number of hydrogen-bond donors (Lipinski definition) is 1. The van der Waals surface area contributed by atoms with Crippen LogP contribution in [0, 0.1) is 13.8 Å². The Labute approximate surface area is 160 Å². The zero-order valence-corrected chi connectivity index (χ0v) is 16.2. The molecule has 5 heteroatoms. The highest BCUT2D eigenvalue weighted by Crippen LogP contribution is 2.20. The summed E-state index contributed by atoms with van der Waals surface area (Å²) < 4.78 is 10.8. The van der Waals surface area contributed by atoms with E-state index >= 15 is 0 Å². The number of carbonyl (C=O) groups is 2. The normalized spacial score (nSPS) is 10.3. The van der Waals surface area contributed by atoms with E-state index in [9.17, 15) is 9.59 Å². The molecule has 1 N–H and O–H groups in total. The molecule has 27 heavy (non-hydrogen) atoms. The predicted molar refractivity (Wildman–Crippen MR) is 106 cm³/mol. The minimum Gasteiger partial charge on any atom is -0.493 e. The maximum Gasteiger partial charge on any atom is 0.338 e. The molecule has 0 aliphatic carbocycles. The molecule has 0 radical (unpaired) electrons. The summed E-state index contributed by atoms with van der Waals surface area (Å²) in [5.74, 6) is 0.431. The summed E-state index contributed by atoms with van der Waals surface area (Å²) in [4.78, 5) is 23.8. The van der Waals surface area contributed by atoms with E-state index < -0.39 is 0 Å². The fourth-order valence-electron chi connectivity index (χ4n) is 2.49. The zero-order chi connectivity index (χ0) is 19.6. The van der Waals surface area contributed by atoms with Crippen LogP contribution in [0.25, 0.3) is 0 Å². The van der Waals surface area contributed by atoms with Crippen molar-refractivity contribution in [3.63, 3.8) is 0 Å². The lowest BCUT2D eigenvalue weighted by Gasteiger charge is -2.11. The molecule has 0 heterocycles. The van der Waals surface area contributed by atoms with Gasteiger partial charge in [-0.1, -0.05) is 19.1 Å². The smallest absolute Gasteiger partial charge is 0.338 e. The minimum atomic E-state index is -0.349. The molecule has 0 aromatic heterocycles. The number of benzene rings is 2. The van der Waals surface area contributed by atoms with Crippen molar-refractivity contribution in [3.05, 3.63) is 59.2 Å². The molecule has 0 saturated heterocycles. The highest BCUT2D eigenvalue weighted by Gasteiger charge is 2.08. The van der Waals surface area contributed by atoms with Crippen LogP contribution in [0.15, 0.2) is 42.5 Å². The summed E-state index contributed by atoms with van der Waals surface area (Å²) in [5.41, 5.74) is 3.44. The number of aryl methyl sites for hydroxylation is 1. The lowest BCUT2D eigenvalue weighted by atomic mass is 10.1. The molecule has 1 amide bonds. The van der Waals surface area contributed by atoms with Crippen LogP contribution >= 0.6 is 0 Å². The molecule has 5 nitrogen and oxygen atoms in total. The molecule has 2 rings (SSSR count). The Morgan fingerprint density at radius 3 is 2.44 bits per heavy atom. The second kappa shape index (κ2) is 10.4. The fraction of sp³-hybridized carbons (Fsp3) is 0.364. The van der Waals surface area contributed by atoms with Gasteiger partial charge in [-0.15, -0.1) is 0 Å². The van der Waals surface area contributed by atoms with Crippen molar-refractivity contribution in [3.8, 4) is 5.75 Å². The molecule has 0 aliphatic heterocycles. The van der Waals surface area contributed by atoms with Crippen molar-refractivity contribution in [1.82, 2.24) is 0 Å². The van der Waals surface area contributed by atoms with Crippen molar-refractivity contribution in [2.45, 2.75) is 40.0 Å². The first-order chi connectivity index (χ1) is 13.0. The summed E-state index contributed by atoms with van der Waals surface area (Å²) in [6, 6.07) is 12.7. The van der Waals surface area contributed by atoms with Gasteiger partial charge in [0.25, 0.3) is 0 Å². The van der Waals surface area contributed by atoms with E-state index in [4.69, 9.17) is 9.47 Å². The Hall–Kier alpha value is -2.82. The molecule has 0 unspecified atom stereocenters. The van der Waals surface area contributed by atoms with E-state index in [1.54, 1.807) is 24.3 Å². The molecule has 144 valence electrons. The first-order valence-electron chi connectivity index (χ1n) is 9.27. The number of esters is 1. The van der Waals surface area contributed by atoms with Crippen molar-refractivity contribution in [2.75, 3.05) is 18.5 Å². The number of hydrogen-bond acceptors (Lipinski definition) is 4. The fourth-order valence-corrected chi connectivity index (χ4v) is 2.49. The van der Waals surface area contributed by atoms with Crippen LogP contribution in [0.2, 0.25) is 0 Å². The Kier molecular flexibility index (Phi) is 7.86. The molecular weight excluding hydrogens is 342 g/mol. The molecule has 2 aromatic carbocycles. The van der Waals surface area contributed by atoms with E-state index in [0.29, 0.717) is 37.3 Å². The van der Waals surface area contributed by atoms with Gasteiger partial charge in [0.05, 0.1) is 18.8 Å². The Balaban J connectivity index is 1.74. The first kappa shape index (κ1) is 20.5. The van der Waals surface area contributed by atoms with Crippen LogP contribution in [0.3, 0.4) is 0 Å². The third-order valence-electron chi connectivity index (χ3n) is 4.20. The zero-order valence-electron chi connectivity index (χ0n) is 16.2. The van der Waals surface area contributed by atoms with Gasteiger partial charge < -0.3 is 14.8 Å². The average Bonchev–Trinajstić information content (AvgIpc) is 2.67. The second-order valence-corrected chi connectivity index (χ2v) is 6.41. The van der Waals surface area contributed by atoms with Gasteiger partial charge in [-0.2, -0.15) is 0 Å². The highest BCUT2D eigenvalue weighted by molar-refractivity contribution is 5.93. The third kappa shape index (κ3) is 6.44. The summed E-state index contributed by atoms with van der Waals surface area (Å²) in [7, 11) is 0. The van der Waals surface area contributed by atoms with E-state index in [2.05, 4.69) is 5.32 Å². The summed E-state index contributed by atoms with van der Waals surface area (Å²) in [6.45, 7) is 6.91. The number of nitrogens with one attached hydrogen (secondary N) is 1.